The Morgan fingerprint density at radius 2 is 2.00 bits per heavy atom. The first kappa shape index (κ1) is 17.0. The zero-order valence-corrected chi connectivity index (χ0v) is 14.1. The molecule has 0 bridgehead atoms. The van der Waals surface area contributed by atoms with E-state index < -0.39 is 5.60 Å². The van der Waals surface area contributed by atoms with Crippen LogP contribution in [0.25, 0.3) is 0 Å². The minimum Gasteiger partial charge on any atom is -0.383 e. The summed E-state index contributed by atoms with van der Waals surface area (Å²) >= 11 is 0. The second-order valence-electron chi connectivity index (χ2n) is 6.07. The van der Waals surface area contributed by atoms with Crippen LogP contribution in [0.3, 0.4) is 0 Å². The van der Waals surface area contributed by atoms with E-state index in [0.29, 0.717) is 5.56 Å². The summed E-state index contributed by atoms with van der Waals surface area (Å²) in [6, 6.07) is 5.99. The van der Waals surface area contributed by atoms with Crippen molar-refractivity contribution >= 4 is 11.6 Å². The molecule has 1 atom stereocenters. The van der Waals surface area contributed by atoms with Crippen LogP contribution in [0.15, 0.2) is 30.6 Å². The van der Waals surface area contributed by atoms with Gasteiger partial charge in [0, 0.05) is 24.5 Å². The maximum atomic E-state index is 12.0. The monoisotopic (exact) mass is 316 g/mol. The molecule has 1 heterocycles. The number of carbonyl (C=O) groups excluding carboxylic acids is 1. The molecule has 0 fully saturated rings. The summed E-state index contributed by atoms with van der Waals surface area (Å²) in [4.78, 5) is 12.0. The fourth-order valence-corrected chi connectivity index (χ4v) is 2.40. The van der Waals surface area contributed by atoms with Crippen LogP contribution in [0, 0.1) is 13.8 Å². The topological polar surface area (TPSA) is 79.2 Å². The number of benzene rings is 1. The van der Waals surface area contributed by atoms with E-state index in [1.807, 2.05) is 32.0 Å². The van der Waals surface area contributed by atoms with Gasteiger partial charge >= 0.3 is 0 Å². The highest BCUT2D eigenvalue weighted by atomic mass is 16.3. The first-order valence-electron chi connectivity index (χ1n) is 7.58. The molecular formula is C17H24N4O2. The predicted octanol–water partition coefficient (Wildman–Crippen LogP) is 1.47. The lowest BCUT2D eigenvalue weighted by atomic mass is 10.00. The summed E-state index contributed by atoms with van der Waals surface area (Å²) < 4.78 is 1.62. The van der Waals surface area contributed by atoms with Crippen molar-refractivity contribution < 1.29 is 9.90 Å². The molecule has 1 unspecified atom stereocenters. The Morgan fingerprint density at radius 3 is 2.57 bits per heavy atom. The number of aliphatic hydroxyl groups is 1. The summed E-state index contributed by atoms with van der Waals surface area (Å²) in [7, 11) is 1.78. The van der Waals surface area contributed by atoms with Gasteiger partial charge in [0.25, 0.3) is 0 Å². The molecule has 6 heteroatoms. The maximum absolute atomic E-state index is 12.0. The summed E-state index contributed by atoms with van der Waals surface area (Å²) in [5, 5.41) is 20.4. The number of rotatable bonds is 6. The lowest BCUT2D eigenvalue weighted by molar-refractivity contribution is -0.120. The van der Waals surface area contributed by atoms with Crippen LogP contribution in [0.4, 0.5) is 5.69 Å². The average Bonchev–Trinajstić information content (AvgIpc) is 2.92. The summed E-state index contributed by atoms with van der Waals surface area (Å²) in [6.07, 6.45) is 3.34. The first-order chi connectivity index (χ1) is 10.8. The van der Waals surface area contributed by atoms with Gasteiger partial charge in [-0.1, -0.05) is 18.2 Å². The smallest absolute Gasteiger partial charge is 0.239 e. The number of carbonyl (C=O) groups is 1. The Hall–Kier alpha value is -2.34. The number of aromatic nitrogens is 2. The predicted molar refractivity (Wildman–Crippen MR) is 90.2 cm³/mol. The van der Waals surface area contributed by atoms with E-state index in [9.17, 15) is 9.90 Å². The van der Waals surface area contributed by atoms with E-state index in [-0.39, 0.29) is 19.0 Å². The third-order valence-electron chi connectivity index (χ3n) is 3.86. The SMILES string of the molecule is Cc1cccc(C)c1NCC(=O)NCC(C)(O)c1cnn(C)c1. The molecule has 1 aromatic carbocycles. The molecule has 0 radical (unpaired) electrons. The van der Waals surface area contributed by atoms with Crippen molar-refractivity contribution in [2.24, 2.45) is 7.05 Å². The summed E-state index contributed by atoms with van der Waals surface area (Å²) in [5.74, 6) is -0.170. The van der Waals surface area contributed by atoms with Gasteiger partial charge < -0.3 is 15.7 Å². The number of nitrogens with one attached hydrogen (secondary N) is 2. The van der Waals surface area contributed by atoms with E-state index in [1.54, 1.807) is 31.0 Å². The number of hydrogen-bond donors (Lipinski definition) is 3. The van der Waals surface area contributed by atoms with Crippen molar-refractivity contribution in [1.29, 1.82) is 0 Å². The van der Waals surface area contributed by atoms with Gasteiger partial charge in [0.15, 0.2) is 0 Å². The molecule has 0 aliphatic rings. The number of aryl methyl sites for hydroxylation is 3. The maximum Gasteiger partial charge on any atom is 0.239 e. The zero-order valence-electron chi connectivity index (χ0n) is 14.1. The first-order valence-corrected chi connectivity index (χ1v) is 7.58. The van der Waals surface area contributed by atoms with Gasteiger partial charge in [0.2, 0.25) is 5.91 Å². The molecule has 0 spiro atoms. The number of nitrogens with zero attached hydrogens (tertiary/aromatic N) is 2. The highest BCUT2D eigenvalue weighted by Gasteiger charge is 2.25. The van der Waals surface area contributed by atoms with Gasteiger partial charge in [-0.2, -0.15) is 5.10 Å². The Balaban J connectivity index is 1.88. The molecule has 2 aromatic rings. The van der Waals surface area contributed by atoms with Crippen molar-refractivity contribution in [2.45, 2.75) is 26.4 Å². The largest absolute Gasteiger partial charge is 0.383 e. The van der Waals surface area contributed by atoms with Crippen molar-refractivity contribution in [3.05, 3.63) is 47.3 Å². The minimum atomic E-state index is -1.15. The molecule has 0 aliphatic heterocycles. The van der Waals surface area contributed by atoms with Crippen LogP contribution >= 0.6 is 0 Å². The molecule has 23 heavy (non-hydrogen) atoms. The van der Waals surface area contributed by atoms with Crippen LogP contribution < -0.4 is 10.6 Å². The van der Waals surface area contributed by atoms with Crippen LogP contribution in [0.5, 0.6) is 0 Å². The van der Waals surface area contributed by atoms with E-state index >= 15 is 0 Å². The fourth-order valence-electron chi connectivity index (χ4n) is 2.40. The quantitative estimate of drug-likeness (QED) is 0.754. The van der Waals surface area contributed by atoms with Crippen molar-refractivity contribution in [3.8, 4) is 0 Å². The lowest BCUT2D eigenvalue weighted by Gasteiger charge is -2.22. The van der Waals surface area contributed by atoms with E-state index in [1.165, 1.54) is 0 Å². The van der Waals surface area contributed by atoms with Crippen LogP contribution in [-0.2, 0) is 17.4 Å². The van der Waals surface area contributed by atoms with Crippen molar-refractivity contribution in [3.63, 3.8) is 0 Å². The van der Waals surface area contributed by atoms with Gasteiger partial charge in [-0.25, -0.2) is 0 Å². The van der Waals surface area contributed by atoms with Crippen LogP contribution in [0.2, 0.25) is 0 Å². The Bertz CT molecular complexity index is 671. The van der Waals surface area contributed by atoms with Gasteiger partial charge in [0.05, 0.1) is 19.3 Å². The molecule has 0 aliphatic carbocycles. The van der Waals surface area contributed by atoms with E-state index in [4.69, 9.17) is 0 Å². The molecular weight excluding hydrogens is 292 g/mol. The summed E-state index contributed by atoms with van der Waals surface area (Å²) in [5.41, 5.74) is 2.69. The Kier molecular flexibility index (Phi) is 5.05. The molecule has 1 amide bonds. The second kappa shape index (κ2) is 6.83. The molecule has 6 nitrogen and oxygen atoms in total. The third kappa shape index (κ3) is 4.32. The van der Waals surface area contributed by atoms with Crippen LogP contribution in [-0.4, -0.2) is 33.9 Å². The number of amides is 1. The highest BCUT2D eigenvalue weighted by molar-refractivity contribution is 5.81. The molecule has 0 saturated heterocycles. The summed E-state index contributed by atoms with van der Waals surface area (Å²) in [6.45, 7) is 5.95. The molecule has 1 aromatic heterocycles. The van der Waals surface area contributed by atoms with E-state index in [2.05, 4.69) is 15.7 Å². The average molecular weight is 316 g/mol. The van der Waals surface area contributed by atoms with Gasteiger partial charge in [-0.15, -0.1) is 0 Å². The molecule has 3 N–H and O–H groups in total. The molecule has 124 valence electrons. The van der Waals surface area contributed by atoms with Crippen LogP contribution in [0.1, 0.15) is 23.6 Å². The lowest BCUT2D eigenvalue weighted by Crippen LogP contribution is -2.40. The minimum absolute atomic E-state index is 0.131. The Labute approximate surface area is 136 Å². The highest BCUT2D eigenvalue weighted by Crippen LogP contribution is 2.19. The van der Waals surface area contributed by atoms with Gasteiger partial charge in [-0.05, 0) is 31.9 Å². The number of anilines is 1. The molecule has 0 saturated carbocycles. The standard InChI is InChI=1S/C17H24N4O2/c1-12-6-5-7-13(2)16(12)18-9-15(22)19-11-17(3,23)14-8-20-21(4)10-14/h5-8,10,18,23H,9,11H2,1-4H3,(H,19,22). The van der Waals surface area contributed by atoms with Crippen molar-refractivity contribution in [1.82, 2.24) is 15.1 Å². The van der Waals surface area contributed by atoms with Gasteiger partial charge in [0.1, 0.15) is 5.60 Å². The van der Waals surface area contributed by atoms with Gasteiger partial charge in [-0.3, -0.25) is 9.48 Å². The Morgan fingerprint density at radius 1 is 1.35 bits per heavy atom. The second-order valence-corrected chi connectivity index (χ2v) is 6.07. The normalized spacial score (nSPS) is 13.4. The third-order valence-corrected chi connectivity index (χ3v) is 3.86. The zero-order chi connectivity index (χ0) is 17.0. The van der Waals surface area contributed by atoms with Crippen molar-refractivity contribution in [2.75, 3.05) is 18.4 Å². The molecule has 2 rings (SSSR count). The van der Waals surface area contributed by atoms with E-state index in [0.717, 1.165) is 16.8 Å². The fraction of sp³-hybridized carbons (Fsp3) is 0.412. The number of para-hydroxylation sites is 1. The number of hydrogen-bond acceptors (Lipinski definition) is 4.